The Bertz CT molecular complexity index is 1090. The molecule has 3 aliphatic rings. The molecule has 5 rings (SSSR count). The maximum atomic E-state index is 12.7. The van der Waals surface area contributed by atoms with Crippen LogP contribution in [0.3, 0.4) is 0 Å². The highest BCUT2D eigenvalue weighted by molar-refractivity contribution is 5.84. The Morgan fingerprint density at radius 1 is 0.971 bits per heavy atom. The first-order valence-electron chi connectivity index (χ1n) is 12.2. The Morgan fingerprint density at radius 2 is 1.63 bits per heavy atom. The van der Waals surface area contributed by atoms with E-state index in [0.717, 1.165) is 24.0 Å². The maximum absolute atomic E-state index is 12.7. The predicted molar refractivity (Wildman–Crippen MR) is 128 cm³/mol. The number of hydrogen-bond acceptors (Lipinski definition) is 5. The zero-order valence-electron chi connectivity index (χ0n) is 19.4. The number of aliphatic hydroxyl groups is 1. The van der Waals surface area contributed by atoms with Gasteiger partial charge in [-0.15, -0.1) is 0 Å². The van der Waals surface area contributed by atoms with E-state index in [1.165, 1.54) is 16.0 Å². The summed E-state index contributed by atoms with van der Waals surface area (Å²) in [6, 6.07) is 15.3. The summed E-state index contributed by atoms with van der Waals surface area (Å²) in [4.78, 5) is 37.9. The van der Waals surface area contributed by atoms with Crippen LogP contribution < -0.4 is 5.32 Å². The molecule has 2 amide bonds. The molecule has 3 unspecified atom stereocenters. The van der Waals surface area contributed by atoms with Gasteiger partial charge in [0.1, 0.15) is 12.6 Å². The van der Waals surface area contributed by atoms with Crippen molar-refractivity contribution in [2.75, 3.05) is 13.2 Å². The molecule has 0 radical (unpaired) electrons. The van der Waals surface area contributed by atoms with Crippen LogP contribution in [0.25, 0.3) is 11.1 Å². The third-order valence-electron chi connectivity index (χ3n) is 7.55. The Hall–Kier alpha value is -3.39. The Balaban J connectivity index is 1.12. The highest BCUT2D eigenvalue weighted by Crippen LogP contribution is 2.44. The summed E-state index contributed by atoms with van der Waals surface area (Å²) in [6.45, 7) is 0.312. The average Bonchev–Trinajstić information content (AvgIpc) is 3.53. The smallest absolute Gasteiger partial charge is 0.407 e. The van der Waals surface area contributed by atoms with E-state index in [1.54, 1.807) is 0 Å². The van der Waals surface area contributed by atoms with Gasteiger partial charge >= 0.3 is 12.1 Å². The molecular weight excluding hydrogens is 448 g/mol. The minimum atomic E-state index is -1.09. The van der Waals surface area contributed by atoms with Crippen molar-refractivity contribution in [3.8, 4) is 11.1 Å². The fourth-order valence-electron chi connectivity index (χ4n) is 5.89. The Labute approximate surface area is 203 Å². The number of amides is 2. The predicted octanol–water partition coefficient (Wildman–Crippen LogP) is 3.13. The number of carbonyl (C=O) groups is 3. The summed E-state index contributed by atoms with van der Waals surface area (Å²) in [7, 11) is 0. The van der Waals surface area contributed by atoms with E-state index >= 15 is 0 Å². The highest BCUT2D eigenvalue weighted by atomic mass is 16.5. The van der Waals surface area contributed by atoms with Crippen molar-refractivity contribution in [2.24, 2.45) is 5.92 Å². The van der Waals surface area contributed by atoms with E-state index in [2.05, 4.69) is 29.6 Å². The molecule has 2 fully saturated rings. The third-order valence-corrected chi connectivity index (χ3v) is 7.55. The lowest BCUT2D eigenvalue weighted by molar-refractivity contribution is -0.148. The van der Waals surface area contributed by atoms with Crippen molar-refractivity contribution in [3.05, 3.63) is 59.7 Å². The average molecular weight is 479 g/mol. The number of nitrogens with one attached hydrogen (secondary N) is 1. The fourth-order valence-corrected chi connectivity index (χ4v) is 5.89. The second-order valence-electron chi connectivity index (χ2n) is 9.84. The van der Waals surface area contributed by atoms with Crippen LogP contribution in [-0.2, 0) is 14.3 Å². The largest absolute Gasteiger partial charge is 0.480 e. The second-order valence-corrected chi connectivity index (χ2v) is 9.84. The molecule has 35 heavy (non-hydrogen) atoms. The molecule has 2 aromatic rings. The number of fused-ring (bicyclic) bond motifs is 3. The summed E-state index contributed by atoms with van der Waals surface area (Å²) < 4.78 is 5.63. The van der Waals surface area contributed by atoms with Crippen LogP contribution in [0.15, 0.2) is 48.5 Å². The van der Waals surface area contributed by atoms with Crippen molar-refractivity contribution >= 4 is 18.0 Å². The lowest BCUT2D eigenvalue weighted by atomic mass is 9.98. The summed E-state index contributed by atoms with van der Waals surface area (Å²) in [5.41, 5.74) is 4.67. The van der Waals surface area contributed by atoms with Gasteiger partial charge in [-0.25, -0.2) is 9.59 Å². The van der Waals surface area contributed by atoms with E-state index in [9.17, 15) is 24.6 Å². The van der Waals surface area contributed by atoms with Crippen molar-refractivity contribution in [1.82, 2.24) is 10.2 Å². The molecule has 1 saturated carbocycles. The van der Waals surface area contributed by atoms with Gasteiger partial charge in [-0.05, 0) is 47.4 Å². The first kappa shape index (κ1) is 23.4. The number of likely N-dealkylation sites (tertiary alicyclic amines) is 1. The quantitative estimate of drug-likeness (QED) is 0.588. The summed E-state index contributed by atoms with van der Waals surface area (Å²) in [5, 5.41) is 22.0. The molecule has 1 heterocycles. The molecule has 0 bridgehead atoms. The Morgan fingerprint density at radius 3 is 2.29 bits per heavy atom. The molecule has 1 saturated heterocycles. The van der Waals surface area contributed by atoms with Gasteiger partial charge in [0.25, 0.3) is 0 Å². The molecule has 3 N–H and O–H groups in total. The molecule has 2 aromatic carbocycles. The number of aliphatic hydroxyl groups excluding tert-OH is 1. The number of aliphatic carboxylic acids is 1. The molecule has 0 spiro atoms. The number of carbonyl (C=O) groups excluding carboxylic acids is 2. The van der Waals surface area contributed by atoms with E-state index in [-0.39, 0.29) is 49.8 Å². The van der Waals surface area contributed by atoms with Gasteiger partial charge < -0.3 is 25.2 Å². The monoisotopic (exact) mass is 478 g/mol. The molecule has 8 heteroatoms. The molecule has 0 aromatic heterocycles. The van der Waals surface area contributed by atoms with Gasteiger partial charge in [0, 0.05) is 31.3 Å². The van der Waals surface area contributed by atoms with E-state index < -0.39 is 24.2 Å². The van der Waals surface area contributed by atoms with Crippen LogP contribution >= 0.6 is 0 Å². The zero-order valence-corrected chi connectivity index (χ0v) is 19.4. The van der Waals surface area contributed by atoms with Crippen LogP contribution in [0.5, 0.6) is 0 Å². The molecule has 4 atom stereocenters. The fraction of sp³-hybridized carbons (Fsp3) is 0.444. The summed E-state index contributed by atoms with van der Waals surface area (Å²) >= 11 is 0. The Kier molecular flexibility index (Phi) is 6.47. The summed E-state index contributed by atoms with van der Waals surface area (Å²) in [5.74, 6) is -1.27. The van der Waals surface area contributed by atoms with Crippen molar-refractivity contribution < 1.29 is 29.3 Å². The molecule has 184 valence electrons. The lowest BCUT2D eigenvalue weighted by Crippen LogP contribution is -2.41. The van der Waals surface area contributed by atoms with Crippen molar-refractivity contribution in [1.29, 1.82) is 0 Å². The number of nitrogens with zero attached hydrogens (tertiary/aromatic N) is 1. The van der Waals surface area contributed by atoms with Gasteiger partial charge in [0.15, 0.2) is 0 Å². The van der Waals surface area contributed by atoms with Gasteiger partial charge in [-0.3, -0.25) is 4.79 Å². The number of β-amino-alcohol motifs (C(OH)–C–C–N with tert-alkyl or cyclic N) is 1. The van der Waals surface area contributed by atoms with E-state index in [0.29, 0.717) is 6.42 Å². The van der Waals surface area contributed by atoms with Crippen molar-refractivity contribution in [3.63, 3.8) is 0 Å². The minimum Gasteiger partial charge on any atom is -0.480 e. The number of benzene rings is 2. The number of carboxylic acid groups (broad SMARTS) is 1. The van der Waals surface area contributed by atoms with Crippen molar-refractivity contribution in [2.45, 2.75) is 56.2 Å². The van der Waals surface area contributed by atoms with E-state index in [1.807, 2.05) is 24.3 Å². The molecular formula is C27H30N2O6. The normalized spacial score (nSPS) is 25.2. The highest BCUT2D eigenvalue weighted by Gasteiger charge is 2.40. The summed E-state index contributed by atoms with van der Waals surface area (Å²) in [6.07, 6.45) is 1.19. The zero-order chi connectivity index (χ0) is 24.5. The first-order valence-corrected chi connectivity index (χ1v) is 12.2. The van der Waals surface area contributed by atoms with Crippen LogP contribution in [0, 0.1) is 5.92 Å². The van der Waals surface area contributed by atoms with Crippen LogP contribution in [0.4, 0.5) is 4.79 Å². The molecule has 2 aliphatic carbocycles. The topological polar surface area (TPSA) is 116 Å². The van der Waals surface area contributed by atoms with Crippen LogP contribution in [-0.4, -0.2) is 64.4 Å². The van der Waals surface area contributed by atoms with Gasteiger partial charge in [0.2, 0.25) is 5.91 Å². The second kappa shape index (κ2) is 9.70. The molecule has 8 nitrogen and oxygen atoms in total. The number of hydrogen-bond donors (Lipinski definition) is 3. The van der Waals surface area contributed by atoms with Crippen LogP contribution in [0.1, 0.15) is 49.1 Å². The van der Waals surface area contributed by atoms with Gasteiger partial charge in [-0.1, -0.05) is 48.5 Å². The lowest BCUT2D eigenvalue weighted by Gasteiger charge is -2.23. The van der Waals surface area contributed by atoms with E-state index in [4.69, 9.17) is 4.74 Å². The van der Waals surface area contributed by atoms with Gasteiger partial charge in [0.05, 0.1) is 6.10 Å². The molecule has 1 aliphatic heterocycles. The van der Waals surface area contributed by atoms with Crippen LogP contribution in [0.2, 0.25) is 0 Å². The maximum Gasteiger partial charge on any atom is 0.407 e. The number of rotatable bonds is 6. The standard InChI is InChI=1S/C27H30N2O6/c30-18-13-24(26(32)33)29(14-18)25(31)12-16-9-10-17(11-16)28-27(34)35-15-23-21-7-3-1-5-19(21)20-6-2-4-8-22(20)23/h1-8,16-18,23-24,30H,9-15H2,(H,28,34)(H,32,33)/t16?,17?,18?,24-/m0/s1. The minimum absolute atomic E-state index is 0.0000843. The first-order chi connectivity index (χ1) is 16.9. The number of ether oxygens (including phenoxy) is 1. The SMILES string of the molecule is O=C(NC1CCC(CC(=O)N2CC(O)C[C@H]2C(=O)O)C1)OCC1c2ccccc2-c2ccccc21. The third kappa shape index (κ3) is 4.75. The van der Waals surface area contributed by atoms with Gasteiger partial charge in [-0.2, -0.15) is 0 Å². The number of carboxylic acids is 1. The number of alkyl carbamates (subject to hydrolysis) is 1.